The number of benzene rings is 1. The molecule has 1 unspecified atom stereocenters. The van der Waals surface area contributed by atoms with Gasteiger partial charge < -0.3 is 16.1 Å². The second-order valence-electron chi connectivity index (χ2n) is 5.20. The monoisotopic (exact) mass is 274 g/mol. The number of nitrogens with zero attached hydrogens (tertiary/aromatic N) is 1. The van der Waals surface area contributed by atoms with Crippen molar-refractivity contribution in [2.24, 2.45) is 11.6 Å². The van der Waals surface area contributed by atoms with E-state index in [4.69, 9.17) is 11.6 Å². The molecule has 0 aromatic heterocycles. The predicted molar refractivity (Wildman–Crippen MR) is 80.0 cm³/mol. The number of nitrogens with two attached hydrogens (primary N) is 2. The van der Waals surface area contributed by atoms with Crippen LogP contribution in [0.4, 0.5) is 0 Å². The largest absolute Gasteiger partial charge is 0.397 e. The van der Waals surface area contributed by atoms with Crippen LogP contribution in [0.15, 0.2) is 30.5 Å². The van der Waals surface area contributed by atoms with Gasteiger partial charge in [0.1, 0.15) is 6.04 Å². The van der Waals surface area contributed by atoms with Crippen LogP contribution in [0.3, 0.4) is 0 Å². The molecule has 0 saturated carbocycles. The molecule has 5 N–H and O–H groups in total. The molecule has 1 atom stereocenters. The number of nitrogens with one attached hydrogen (secondary N) is 1. The molecule has 108 valence electrons. The summed E-state index contributed by atoms with van der Waals surface area (Å²) in [7, 11) is 0. The lowest BCUT2D eigenvalue weighted by Gasteiger charge is -2.24. The third-order valence-corrected chi connectivity index (χ3v) is 3.54. The number of carbonyl (C=O) groups excluding carboxylic acids is 1. The minimum Gasteiger partial charge on any atom is -0.397 e. The van der Waals surface area contributed by atoms with Gasteiger partial charge in [-0.25, -0.2) is 5.84 Å². The normalized spacial score (nSPS) is 20.2. The lowest BCUT2D eigenvalue weighted by atomic mass is 10.1. The Bertz CT molecular complexity index is 495. The molecule has 20 heavy (non-hydrogen) atoms. The number of hydrazine groups is 1. The zero-order valence-corrected chi connectivity index (χ0v) is 11.8. The van der Waals surface area contributed by atoms with Crippen LogP contribution in [0.25, 0.3) is 5.70 Å². The Morgan fingerprint density at radius 3 is 2.75 bits per heavy atom. The van der Waals surface area contributed by atoms with Crippen molar-refractivity contribution in [2.75, 3.05) is 6.54 Å². The van der Waals surface area contributed by atoms with Crippen LogP contribution in [-0.2, 0) is 4.79 Å². The van der Waals surface area contributed by atoms with Gasteiger partial charge >= 0.3 is 0 Å². The predicted octanol–water partition coefficient (Wildman–Crippen LogP) is 1.10. The van der Waals surface area contributed by atoms with Crippen molar-refractivity contribution in [3.63, 3.8) is 0 Å². The number of hydrogen-bond donors (Lipinski definition) is 3. The Morgan fingerprint density at radius 2 is 2.05 bits per heavy atom. The van der Waals surface area contributed by atoms with E-state index in [1.54, 1.807) is 6.20 Å². The van der Waals surface area contributed by atoms with E-state index in [-0.39, 0.29) is 11.9 Å². The number of hydrogen-bond acceptors (Lipinski definition) is 4. The summed E-state index contributed by atoms with van der Waals surface area (Å²) in [6.45, 7) is 2.75. The highest BCUT2D eigenvalue weighted by molar-refractivity contribution is 5.82. The van der Waals surface area contributed by atoms with Crippen LogP contribution in [-0.4, -0.2) is 23.5 Å². The zero-order chi connectivity index (χ0) is 14.5. The minimum absolute atomic E-state index is 0.0297. The van der Waals surface area contributed by atoms with Gasteiger partial charge in [-0.15, -0.1) is 0 Å². The number of amides is 1. The number of carbonyl (C=O) groups is 1. The molecule has 0 aliphatic carbocycles. The van der Waals surface area contributed by atoms with Crippen LogP contribution in [0.1, 0.15) is 30.4 Å². The molecular weight excluding hydrogens is 252 g/mol. The minimum atomic E-state index is -0.346. The third-order valence-electron chi connectivity index (χ3n) is 3.54. The summed E-state index contributed by atoms with van der Waals surface area (Å²) in [5.41, 5.74) is 8.68. The summed E-state index contributed by atoms with van der Waals surface area (Å²) < 4.78 is 0. The maximum atomic E-state index is 11.9. The van der Waals surface area contributed by atoms with E-state index in [1.807, 2.05) is 31.2 Å². The van der Waals surface area contributed by atoms with Gasteiger partial charge in [-0.2, -0.15) is 0 Å². The number of rotatable bonds is 3. The van der Waals surface area contributed by atoms with Gasteiger partial charge in [-0.3, -0.25) is 4.79 Å². The van der Waals surface area contributed by atoms with Crippen molar-refractivity contribution in [2.45, 2.75) is 32.2 Å². The summed E-state index contributed by atoms with van der Waals surface area (Å²) in [6, 6.07) is 7.54. The molecule has 1 saturated heterocycles. The summed E-state index contributed by atoms with van der Waals surface area (Å²) in [5, 5.41) is 4.29. The Morgan fingerprint density at radius 1 is 1.35 bits per heavy atom. The van der Waals surface area contributed by atoms with E-state index < -0.39 is 0 Å². The van der Waals surface area contributed by atoms with Crippen molar-refractivity contribution in [3.05, 3.63) is 41.6 Å². The lowest BCUT2D eigenvalue weighted by Crippen LogP contribution is -2.47. The van der Waals surface area contributed by atoms with Gasteiger partial charge in [0.25, 0.3) is 0 Å². The van der Waals surface area contributed by atoms with Crippen molar-refractivity contribution >= 4 is 11.6 Å². The first-order chi connectivity index (χ1) is 9.58. The average Bonchev–Trinajstić information content (AvgIpc) is 2.64. The molecule has 1 fully saturated rings. The Hall–Kier alpha value is -2.01. The van der Waals surface area contributed by atoms with E-state index >= 15 is 0 Å². The second kappa shape index (κ2) is 6.43. The first kappa shape index (κ1) is 14.4. The smallest absolute Gasteiger partial charge is 0.244 e. The summed E-state index contributed by atoms with van der Waals surface area (Å²) in [5.74, 6) is 5.96. The maximum absolute atomic E-state index is 11.9. The molecule has 1 aromatic carbocycles. The quantitative estimate of drug-likeness (QED) is 0.569. The third kappa shape index (κ3) is 3.51. The van der Waals surface area contributed by atoms with Gasteiger partial charge in [0.2, 0.25) is 5.91 Å². The molecule has 2 rings (SSSR count). The van der Waals surface area contributed by atoms with Crippen LogP contribution < -0.4 is 16.9 Å². The Kier molecular flexibility index (Phi) is 4.63. The number of aryl methyl sites for hydroxylation is 1. The zero-order valence-electron chi connectivity index (χ0n) is 11.8. The van der Waals surface area contributed by atoms with Crippen LogP contribution in [0.5, 0.6) is 0 Å². The highest BCUT2D eigenvalue weighted by Gasteiger charge is 2.23. The fourth-order valence-corrected chi connectivity index (χ4v) is 2.28. The summed E-state index contributed by atoms with van der Waals surface area (Å²) in [4.78, 5) is 11.9. The van der Waals surface area contributed by atoms with Crippen molar-refractivity contribution in [3.8, 4) is 0 Å². The molecule has 1 heterocycles. The molecule has 0 radical (unpaired) electrons. The highest BCUT2D eigenvalue weighted by Crippen LogP contribution is 2.14. The molecule has 0 bridgehead atoms. The van der Waals surface area contributed by atoms with Gasteiger partial charge in [-0.1, -0.05) is 29.8 Å². The van der Waals surface area contributed by atoms with Gasteiger partial charge in [-0.05, 0) is 31.7 Å². The van der Waals surface area contributed by atoms with Crippen LogP contribution in [0, 0.1) is 6.92 Å². The molecule has 1 amide bonds. The van der Waals surface area contributed by atoms with Gasteiger partial charge in [0, 0.05) is 12.7 Å². The maximum Gasteiger partial charge on any atom is 0.244 e. The van der Waals surface area contributed by atoms with E-state index in [9.17, 15) is 4.79 Å². The molecule has 5 nitrogen and oxygen atoms in total. The van der Waals surface area contributed by atoms with E-state index in [2.05, 4.69) is 5.32 Å². The summed E-state index contributed by atoms with van der Waals surface area (Å²) in [6.07, 6.45) is 4.36. The fourth-order valence-electron chi connectivity index (χ4n) is 2.28. The van der Waals surface area contributed by atoms with Crippen LogP contribution in [0.2, 0.25) is 0 Å². The van der Waals surface area contributed by atoms with E-state index in [0.29, 0.717) is 5.70 Å². The van der Waals surface area contributed by atoms with E-state index in [1.165, 1.54) is 10.6 Å². The molecule has 1 aliphatic heterocycles. The topological polar surface area (TPSA) is 84.4 Å². The Labute approximate surface area is 119 Å². The first-order valence-electron chi connectivity index (χ1n) is 6.93. The van der Waals surface area contributed by atoms with Crippen LogP contribution >= 0.6 is 0 Å². The molecular formula is C15H22N4O. The Balaban J connectivity index is 2.11. The highest BCUT2D eigenvalue weighted by atomic mass is 16.2. The molecule has 5 heteroatoms. The standard InChI is InChI=1S/C15H22N4O/c1-11-5-7-12(8-6-11)13(16)10-19(17)14-4-2-3-9-18-15(14)20/h5-8,10,14H,2-4,9,16-17H2,1H3,(H,18,20)/b13-10-. The first-order valence-corrected chi connectivity index (χ1v) is 6.93. The lowest BCUT2D eigenvalue weighted by molar-refractivity contribution is -0.125. The van der Waals surface area contributed by atoms with Gasteiger partial charge in [0.15, 0.2) is 0 Å². The molecule has 1 aromatic rings. The summed E-state index contributed by atoms with van der Waals surface area (Å²) >= 11 is 0. The van der Waals surface area contributed by atoms with Crippen molar-refractivity contribution in [1.82, 2.24) is 10.3 Å². The molecule has 0 spiro atoms. The van der Waals surface area contributed by atoms with Crippen molar-refractivity contribution < 1.29 is 4.79 Å². The van der Waals surface area contributed by atoms with Gasteiger partial charge in [0.05, 0.1) is 5.70 Å². The molecule has 1 aliphatic rings. The average molecular weight is 274 g/mol. The SMILES string of the molecule is Cc1ccc(/C(N)=C/N(N)C2CCCCNC2=O)cc1. The van der Waals surface area contributed by atoms with Crippen molar-refractivity contribution in [1.29, 1.82) is 0 Å². The second-order valence-corrected chi connectivity index (χ2v) is 5.20. The van der Waals surface area contributed by atoms with E-state index in [0.717, 1.165) is 31.4 Å². The fraction of sp³-hybridized carbons (Fsp3) is 0.400.